The maximum absolute atomic E-state index is 6.08. The Labute approximate surface area is 167 Å². The van der Waals surface area contributed by atoms with Crippen molar-refractivity contribution in [1.29, 1.82) is 0 Å². The normalized spacial score (nSPS) is 22.8. The van der Waals surface area contributed by atoms with Crippen LogP contribution in [0.15, 0.2) is 40.2 Å². The Morgan fingerprint density at radius 3 is 2.74 bits per heavy atom. The molecule has 27 heavy (non-hydrogen) atoms. The molecule has 3 rings (SSSR count). The number of nitrogens with zero attached hydrogens (tertiary/aromatic N) is 2. The predicted octanol–water partition coefficient (Wildman–Crippen LogP) is 3.40. The molecule has 2 aliphatic heterocycles. The molecular weight excluding hydrogens is 358 g/mol. The summed E-state index contributed by atoms with van der Waals surface area (Å²) in [6, 6.07) is 10.6. The second kappa shape index (κ2) is 10.9. The van der Waals surface area contributed by atoms with Crippen LogP contribution in [0.1, 0.15) is 32.6 Å². The Kier molecular flexibility index (Phi) is 8.30. The number of guanidine groups is 1. The van der Waals surface area contributed by atoms with Crippen molar-refractivity contribution in [2.45, 2.75) is 55.0 Å². The minimum absolute atomic E-state index is 0.320. The van der Waals surface area contributed by atoms with Gasteiger partial charge in [0, 0.05) is 43.4 Å². The summed E-state index contributed by atoms with van der Waals surface area (Å²) in [7, 11) is 1.87. The van der Waals surface area contributed by atoms with Crippen LogP contribution < -0.4 is 5.32 Å². The lowest BCUT2D eigenvalue weighted by molar-refractivity contribution is -0.0367. The van der Waals surface area contributed by atoms with Crippen molar-refractivity contribution < 1.29 is 9.47 Å². The molecule has 6 heteroatoms. The second-order valence-electron chi connectivity index (χ2n) is 7.32. The van der Waals surface area contributed by atoms with E-state index < -0.39 is 0 Å². The minimum atomic E-state index is 0.320. The van der Waals surface area contributed by atoms with Gasteiger partial charge in [0.1, 0.15) is 0 Å². The number of benzene rings is 1. The lowest BCUT2D eigenvalue weighted by atomic mass is 10.1. The van der Waals surface area contributed by atoms with Gasteiger partial charge in [-0.05, 0) is 37.8 Å². The Morgan fingerprint density at radius 1 is 1.30 bits per heavy atom. The van der Waals surface area contributed by atoms with E-state index in [4.69, 9.17) is 9.47 Å². The first kappa shape index (κ1) is 20.5. The molecular formula is C21H33N3O2S. The fraction of sp³-hybridized carbons (Fsp3) is 0.667. The quantitative estimate of drug-likeness (QED) is 0.438. The highest BCUT2D eigenvalue weighted by Gasteiger charge is 2.24. The first-order chi connectivity index (χ1) is 13.2. The number of ether oxygens (including phenoxy) is 2. The number of aliphatic imine (C=N–C) groups is 1. The van der Waals surface area contributed by atoms with Gasteiger partial charge in [0.15, 0.2) is 5.96 Å². The van der Waals surface area contributed by atoms with Gasteiger partial charge in [-0.3, -0.25) is 4.99 Å². The molecule has 2 aliphatic rings. The van der Waals surface area contributed by atoms with Crippen molar-refractivity contribution in [3.8, 4) is 0 Å². The van der Waals surface area contributed by atoms with E-state index in [0.717, 1.165) is 58.1 Å². The van der Waals surface area contributed by atoms with E-state index in [0.29, 0.717) is 17.5 Å². The first-order valence-corrected chi connectivity index (χ1v) is 11.0. The van der Waals surface area contributed by atoms with Gasteiger partial charge < -0.3 is 19.7 Å². The lowest BCUT2D eigenvalue weighted by Crippen LogP contribution is -2.48. The molecule has 0 aromatic heterocycles. The molecule has 1 aromatic carbocycles. The van der Waals surface area contributed by atoms with Crippen LogP contribution in [-0.2, 0) is 9.47 Å². The van der Waals surface area contributed by atoms with Crippen LogP contribution in [0.25, 0.3) is 0 Å². The van der Waals surface area contributed by atoms with Crippen LogP contribution in [0, 0.1) is 0 Å². The Balaban J connectivity index is 1.35. The molecule has 1 N–H and O–H groups in total. The molecule has 0 spiro atoms. The first-order valence-electron chi connectivity index (χ1n) is 10.1. The highest BCUT2D eigenvalue weighted by Crippen LogP contribution is 2.22. The van der Waals surface area contributed by atoms with Crippen molar-refractivity contribution in [2.24, 2.45) is 4.99 Å². The zero-order valence-corrected chi connectivity index (χ0v) is 17.4. The summed E-state index contributed by atoms with van der Waals surface area (Å²) in [6.45, 7) is 6.80. The third-order valence-electron chi connectivity index (χ3n) is 5.12. The van der Waals surface area contributed by atoms with E-state index in [-0.39, 0.29) is 0 Å². The van der Waals surface area contributed by atoms with Crippen LogP contribution in [0.2, 0.25) is 0 Å². The van der Waals surface area contributed by atoms with E-state index in [2.05, 4.69) is 52.5 Å². The largest absolute Gasteiger partial charge is 0.376 e. The van der Waals surface area contributed by atoms with Crippen LogP contribution in [-0.4, -0.2) is 68.2 Å². The minimum Gasteiger partial charge on any atom is -0.376 e. The molecule has 2 heterocycles. The van der Waals surface area contributed by atoms with Gasteiger partial charge in [-0.1, -0.05) is 25.1 Å². The van der Waals surface area contributed by atoms with Gasteiger partial charge in [0.05, 0.1) is 18.8 Å². The summed E-state index contributed by atoms with van der Waals surface area (Å²) in [5.74, 6) is 1.01. The van der Waals surface area contributed by atoms with Crippen molar-refractivity contribution in [3.05, 3.63) is 30.3 Å². The van der Waals surface area contributed by atoms with E-state index in [1.165, 1.54) is 11.3 Å². The Hall–Kier alpha value is -1.24. The maximum Gasteiger partial charge on any atom is 0.193 e. The second-order valence-corrected chi connectivity index (χ2v) is 8.84. The fourth-order valence-electron chi connectivity index (χ4n) is 3.59. The third-order valence-corrected chi connectivity index (χ3v) is 6.24. The number of rotatable bonds is 7. The number of piperidine rings is 1. The summed E-state index contributed by atoms with van der Waals surface area (Å²) in [4.78, 5) is 8.15. The highest BCUT2D eigenvalue weighted by molar-refractivity contribution is 8.00. The molecule has 150 valence electrons. The van der Waals surface area contributed by atoms with Crippen molar-refractivity contribution in [2.75, 3.05) is 39.9 Å². The predicted molar refractivity (Wildman–Crippen MR) is 113 cm³/mol. The maximum atomic E-state index is 6.08. The van der Waals surface area contributed by atoms with Gasteiger partial charge in [-0.2, -0.15) is 0 Å². The number of likely N-dealkylation sites (tertiary alicyclic amines) is 1. The molecule has 2 unspecified atom stereocenters. The molecule has 0 radical (unpaired) electrons. The van der Waals surface area contributed by atoms with Crippen LogP contribution in [0.3, 0.4) is 0 Å². The number of thioether (sulfide) groups is 1. The average Bonchev–Trinajstić information content (AvgIpc) is 3.22. The molecule has 2 fully saturated rings. The molecule has 0 bridgehead atoms. The van der Waals surface area contributed by atoms with Crippen molar-refractivity contribution >= 4 is 17.7 Å². The van der Waals surface area contributed by atoms with E-state index in [1.54, 1.807) is 0 Å². The van der Waals surface area contributed by atoms with Gasteiger partial charge in [-0.25, -0.2) is 0 Å². The summed E-state index contributed by atoms with van der Waals surface area (Å²) in [5.41, 5.74) is 0. The zero-order chi connectivity index (χ0) is 18.9. The topological polar surface area (TPSA) is 46.1 Å². The molecule has 0 saturated carbocycles. The molecule has 0 aliphatic carbocycles. The van der Waals surface area contributed by atoms with Crippen LogP contribution >= 0.6 is 11.8 Å². The van der Waals surface area contributed by atoms with Crippen molar-refractivity contribution in [3.63, 3.8) is 0 Å². The van der Waals surface area contributed by atoms with Crippen LogP contribution in [0.5, 0.6) is 0 Å². The van der Waals surface area contributed by atoms with Gasteiger partial charge in [0.25, 0.3) is 0 Å². The summed E-state index contributed by atoms with van der Waals surface area (Å²) < 4.78 is 11.7. The van der Waals surface area contributed by atoms with E-state index in [1.807, 2.05) is 18.8 Å². The highest BCUT2D eigenvalue weighted by atomic mass is 32.2. The lowest BCUT2D eigenvalue weighted by Gasteiger charge is -2.34. The van der Waals surface area contributed by atoms with Gasteiger partial charge in [-0.15, -0.1) is 11.8 Å². The van der Waals surface area contributed by atoms with Crippen molar-refractivity contribution in [1.82, 2.24) is 10.2 Å². The van der Waals surface area contributed by atoms with Gasteiger partial charge in [0.2, 0.25) is 0 Å². The number of nitrogens with one attached hydrogen (secondary N) is 1. The number of hydrogen-bond acceptors (Lipinski definition) is 4. The molecule has 0 amide bonds. The molecule has 2 atom stereocenters. The monoisotopic (exact) mass is 391 g/mol. The number of hydrogen-bond donors (Lipinski definition) is 1. The molecule has 5 nitrogen and oxygen atoms in total. The zero-order valence-electron chi connectivity index (χ0n) is 16.6. The summed E-state index contributed by atoms with van der Waals surface area (Å²) in [5, 5.41) is 4.03. The Morgan fingerprint density at radius 2 is 2.07 bits per heavy atom. The molecule has 1 aromatic rings. The summed E-state index contributed by atoms with van der Waals surface area (Å²) in [6.07, 6.45) is 5.12. The fourth-order valence-corrected chi connectivity index (χ4v) is 4.54. The average molecular weight is 392 g/mol. The van der Waals surface area contributed by atoms with E-state index >= 15 is 0 Å². The smallest absolute Gasteiger partial charge is 0.193 e. The van der Waals surface area contributed by atoms with E-state index in [9.17, 15) is 0 Å². The third kappa shape index (κ3) is 6.70. The van der Waals surface area contributed by atoms with Crippen LogP contribution in [0.4, 0.5) is 0 Å². The van der Waals surface area contributed by atoms with Gasteiger partial charge >= 0.3 is 0 Å². The summed E-state index contributed by atoms with van der Waals surface area (Å²) >= 11 is 1.89. The Bertz CT molecular complexity index is 570. The standard InChI is InChI=1S/C21H33N3O2S/c1-17(27-20-8-4-3-5-9-20)15-23-21(22-2)24-12-10-18(11-13-24)26-16-19-7-6-14-25-19/h3-5,8-9,17-19H,6-7,10-16H2,1-2H3,(H,22,23). The molecule has 2 saturated heterocycles. The SMILES string of the molecule is CN=C(NCC(C)Sc1ccccc1)N1CCC(OCC2CCCO2)CC1.